The number of urea groups is 1. The number of carbonyl (C=O) groups excluding carboxylic acids is 3. The van der Waals surface area contributed by atoms with E-state index in [1.807, 2.05) is 0 Å². The number of aromatic nitrogens is 2. The summed E-state index contributed by atoms with van der Waals surface area (Å²) < 4.78 is 30.8. The van der Waals surface area contributed by atoms with Gasteiger partial charge in [-0.25, -0.2) is 23.6 Å². The molecule has 1 fully saturated rings. The third kappa shape index (κ3) is 7.97. The number of halogens is 2. The van der Waals surface area contributed by atoms with E-state index in [9.17, 15) is 28.7 Å². The van der Waals surface area contributed by atoms with Gasteiger partial charge in [0.15, 0.2) is 5.82 Å². The van der Waals surface area contributed by atoms with Crippen molar-refractivity contribution in [2.24, 2.45) is 0 Å². The quantitative estimate of drug-likeness (QED) is 0.217. The number of nitrogens with one attached hydrogen (secondary N) is 2. The van der Waals surface area contributed by atoms with Gasteiger partial charge < -0.3 is 39.9 Å². The maximum absolute atomic E-state index is 14.4. The molecule has 1 aliphatic rings. The van der Waals surface area contributed by atoms with Crippen molar-refractivity contribution in [2.75, 3.05) is 62.7 Å². The molecule has 1 unspecified atom stereocenters. The molecular formula is C35H39ClFN7O8. The number of alkyl carbamates (subject to hydrolysis) is 1. The van der Waals surface area contributed by atoms with Crippen LogP contribution in [0.1, 0.15) is 25.7 Å². The lowest BCUT2D eigenvalue weighted by Crippen LogP contribution is -2.61. The summed E-state index contributed by atoms with van der Waals surface area (Å²) >= 11 is 6.33. The maximum Gasteiger partial charge on any atom is 0.407 e. The van der Waals surface area contributed by atoms with Gasteiger partial charge in [-0.2, -0.15) is 0 Å². The lowest BCUT2D eigenvalue weighted by Gasteiger charge is -2.40. The summed E-state index contributed by atoms with van der Waals surface area (Å²) in [6, 6.07) is 12.0. The van der Waals surface area contributed by atoms with Crippen molar-refractivity contribution in [1.29, 1.82) is 0 Å². The summed E-state index contributed by atoms with van der Waals surface area (Å²) in [6.45, 7) is 3.59. The smallest absolute Gasteiger partial charge is 0.407 e. The number of anilines is 2. The van der Waals surface area contributed by atoms with Gasteiger partial charge in [-0.05, 0) is 68.4 Å². The normalized spacial score (nSPS) is 14.6. The summed E-state index contributed by atoms with van der Waals surface area (Å²) in [4.78, 5) is 61.6. The third-order valence-corrected chi connectivity index (χ3v) is 8.85. The minimum atomic E-state index is -1.25. The molecule has 1 saturated heterocycles. The van der Waals surface area contributed by atoms with Crippen molar-refractivity contribution in [3.8, 4) is 11.5 Å². The minimum absolute atomic E-state index is 0.116. The molecule has 4 amide bonds. The average molecular weight is 740 g/mol. The molecule has 2 heterocycles. The molecule has 0 aliphatic carbocycles. The Labute approximate surface area is 303 Å². The number of methoxy groups -OCH3 is 3. The van der Waals surface area contributed by atoms with E-state index in [1.54, 1.807) is 48.3 Å². The number of aliphatic hydroxyl groups is 1. The van der Waals surface area contributed by atoms with E-state index in [0.717, 1.165) is 7.11 Å². The van der Waals surface area contributed by atoms with Gasteiger partial charge in [0.2, 0.25) is 5.91 Å². The van der Waals surface area contributed by atoms with Crippen LogP contribution in [-0.4, -0.2) is 97.4 Å². The van der Waals surface area contributed by atoms with Crippen molar-refractivity contribution >= 4 is 51.9 Å². The zero-order chi connectivity index (χ0) is 37.7. The molecular weight excluding hydrogens is 701 g/mol. The first-order valence-electron chi connectivity index (χ1n) is 16.2. The van der Waals surface area contributed by atoms with Gasteiger partial charge in [0, 0.05) is 29.9 Å². The number of aliphatic hydroxyl groups excluding tert-OH is 1. The molecule has 3 aromatic carbocycles. The highest BCUT2D eigenvalue weighted by molar-refractivity contribution is 6.31. The SMILES string of the molecule is COC(=O)N[C@H](C(=O)N1CCN(n2c(C(C)N(C(=O)Nc3ccc(F)cc3)c3ccc(OC)cc3OC)nc3cc(Cl)ccc3c2=O)CC1)[C@@H](C)O. The second kappa shape index (κ2) is 16.2. The van der Waals surface area contributed by atoms with Crippen LogP contribution in [0.4, 0.5) is 25.4 Å². The molecule has 0 radical (unpaired) electrons. The Morgan fingerprint density at radius 1 is 0.962 bits per heavy atom. The number of carbonyl (C=O) groups is 3. The first-order valence-corrected chi connectivity index (χ1v) is 16.6. The van der Waals surface area contributed by atoms with E-state index in [1.165, 1.54) is 59.9 Å². The average Bonchev–Trinajstić information content (AvgIpc) is 3.14. The van der Waals surface area contributed by atoms with Crippen molar-refractivity contribution < 1.29 is 38.1 Å². The van der Waals surface area contributed by atoms with E-state index in [4.69, 9.17) is 26.1 Å². The molecule has 4 aromatic rings. The van der Waals surface area contributed by atoms with Gasteiger partial charge in [-0.1, -0.05) is 11.6 Å². The highest BCUT2D eigenvalue weighted by Crippen LogP contribution is 2.37. The fourth-order valence-electron chi connectivity index (χ4n) is 5.91. The van der Waals surface area contributed by atoms with E-state index in [-0.39, 0.29) is 43.1 Å². The monoisotopic (exact) mass is 739 g/mol. The number of nitrogens with zero attached hydrogens (tertiary/aromatic N) is 5. The molecule has 17 heteroatoms. The number of piperazine rings is 1. The molecule has 0 saturated carbocycles. The number of ether oxygens (including phenoxy) is 3. The number of hydrogen-bond donors (Lipinski definition) is 3. The van der Waals surface area contributed by atoms with Gasteiger partial charge in [-0.3, -0.25) is 14.5 Å². The number of hydrogen-bond acceptors (Lipinski definition) is 10. The van der Waals surface area contributed by atoms with Crippen LogP contribution in [0.5, 0.6) is 11.5 Å². The number of amides is 4. The summed E-state index contributed by atoms with van der Waals surface area (Å²) in [5, 5.41) is 17.7. The molecule has 1 aliphatic heterocycles. The van der Waals surface area contributed by atoms with Gasteiger partial charge >= 0.3 is 12.1 Å². The Balaban J connectivity index is 1.58. The molecule has 1 aromatic heterocycles. The summed E-state index contributed by atoms with van der Waals surface area (Å²) in [7, 11) is 4.08. The lowest BCUT2D eigenvalue weighted by molar-refractivity contribution is -0.136. The maximum atomic E-state index is 14.4. The topological polar surface area (TPSA) is 168 Å². The zero-order valence-corrected chi connectivity index (χ0v) is 29.9. The van der Waals surface area contributed by atoms with Crippen LogP contribution < -0.4 is 35.6 Å². The Hall–Kier alpha value is -5.61. The number of fused-ring (bicyclic) bond motifs is 1. The van der Waals surface area contributed by atoms with Crippen molar-refractivity contribution in [3.63, 3.8) is 0 Å². The third-order valence-electron chi connectivity index (χ3n) is 8.61. The second-order valence-electron chi connectivity index (χ2n) is 11.9. The first kappa shape index (κ1) is 37.6. The van der Waals surface area contributed by atoms with Crippen LogP contribution in [0, 0.1) is 5.82 Å². The van der Waals surface area contributed by atoms with Gasteiger partial charge in [-0.15, -0.1) is 0 Å². The molecule has 3 N–H and O–H groups in total. The number of benzene rings is 3. The summed E-state index contributed by atoms with van der Waals surface area (Å²) in [5.74, 6) is -0.109. The molecule has 15 nitrogen and oxygen atoms in total. The van der Waals surface area contributed by atoms with Crippen LogP contribution in [0.25, 0.3) is 10.9 Å². The highest BCUT2D eigenvalue weighted by atomic mass is 35.5. The summed E-state index contributed by atoms with van der Waals surface area (Å²) in [6.07, 6.45) is -2.08. The molecule has 5 rings (SSSR count). The number of rotatable bonds is 10. The predicted molar refractivity (Wildman–Crippen MR) is 192 cm³/mol. The zero-order valence-electron chi connectivity index (χ0n) is 29.1. The molecule has 0 bridgehead atoms. The van der Waals surface area contributed by atoms with Gasteiger partial charge in [0.1, 0.15) is 23.4 Å². The first-order chi connectivity index (χ1) is 24.9. The van der Waals surface area contributed by atoms with Crippen LogP contribution in [-0.2, 0) is 9.53 Å². The van der Waals surface area contributed by atoms with Crippen LogP contribution in [0.2, 0.25) is 5.02 Å². The largest absolute Gasteiger partial charge is 0.497 e. The standard InChI is InChI=1S/C35H39ClFN7O8/c1-20(43(28-13-11-25(50-3)19-29(28)51-4)34(48)38-24-9-7-23(37)8-10-24)31-39-27-18-22(36)6-12-26(27)32(46)44(31)42-16-14-41(15-17-42)33(47)30(21(2)45)40-35(49)52-5/h6-13,18-21,30,45H,14-17H2,1-5H3,(H,38,48)(H,40,49)/t20?,21-,30+/m1/s1. The van der Waals surface area contributed by atoms with E-state index in [0.29, 0.717) is 27.7 Å². The van der Waals surface area contributed by atoms with E-state index < -0.39 is 47.6 Å². The Morgan fingerprint density at radius 3 is 2.27 bits per heavy atom. The molecule has 276 valence electrons. The lowest BCUT2D eigenvalue weighted by atomic mass is 10.1. The summed E-state index contributed by atoms with van der Waals surface area (Å²) in [5.41, 5.74) is 0.460. The van der Waals surface area contributed by atoms with E-state index in [2.05, 4.69) is 15.4 Å². The van der Waals surface area contributed by atoms with Gasteiger partial charge in [0.05, 0.1) is 63.2 Å². The Bertz CT molecular complexity index is 2000. The predicted octanol–water partition coefficient (Wildman–Crippen LogP) is 3.89. The van der Waals surface area contributed by atoms with Crippen LogP contribution in [0.15, 0.2) is 65.5 Å². The van der Waals surface area contributed by atoms with Crippen LogP contribution >= 0.6 is 11.6 Å². The van der Waals surface area contributed by atoms with E-state index >= 15 is 0 Å². The van der Waals surface area contributed by atoms with Gasteiger partial charge in [0.25, 0.3) is 5.56 Å². The minimum Gasteiger partial charge on any atom is -0.497 e. The van der Waals surface area contributed by atoms with Crippen molar-refractivity contribution in [2.45, 2.75) is 32.0 Å². The van der Waals surface area contributed by atoms with Crippen LogP contribution in [0.3, 0.4) is 0 Å². The molecule has 52 heavy (non-hydrogen) atoms. The van der Waals surface area contributed by atoms with Crippen molar-refractivity contribution in [3.05, 3.63) is 87.7 Å². The fourth-order valence-corrected chi connectivity index (χ4v) is 6.07. The Morgan fingerprint density at radius 2 is 1.65 bits per heavy atom. The molecule has 3 atom stereocenters. The highest BCUT2D eigenvalue weighted by Gasteiger charge is 2.35. The Kier molecular flexibility index (Phi) is 11.7. The second-order valence-corrected chi connectivity index (χ2v) is 12.3. The molecule has 0 spiro atoms. The van der Waals surface area contributed by atoms with Crippen molar-refractivity contribution in [1.82, 2.24) is 19.9 Å². The fraction of sp³-hybridized carbons (Fsp3) is 0.343.